The van der Waals surface area contributed by atoms with Crippen molar-refractivity contribution in [1.82, 2.24) is 0 Å². The van der Waals surface area contributed by atoms with E-state index in [1.54, 1.807) is 0 Å². The van der Waals surface area contributed by atoms with Gasteiger partial charge < -0.3 is 19.6 Å². The molecule has 304 valence electrons. The lowest BCUT2D eigenvalue weighted by molar-refractivity contribution is 1.09. The number of hydrogen-bond acceptors (Lipinski definition) is 4. The number of allylic oxidation sites excluding steroid dienone is 4. The number of anilines is 11. The van der Waals surface area contributed by atoms with Crippen molar-refractivity contribution < 1.29 is 0 Å². The van der Waals surface area contributed by atoms with Crippen molar-refractivity contribution in [3.8, 4) is 0 Å². The lowest BCUT2D eigenvalue weighted by Gasteiger charge is -2.30. The first kappa shape index (κ1) is 40.9. The van der Waals surface area contributed by atoms with Crippen LogP contribution in [0, 0.1) is 13.8 Å². The molecule has 0 bridgehead atoms. The summed E-state index contributed by atoms with van der Waals surface area (Å²) in [5, 5.41) is 0. The molecule has 0 aliphatic carbocycles. The molecule has 0 aliphatic rings. The van der Waals surface area contributed by atoms with E-state index in [1.807, 2.05) is 6.08 Å². The van der Waals surface area contributed by atoms with Crippen LogP contribution in [-0.4, -0.2) is 6.54 Å². The molecule has 0 atom stereocenters. The van der Waals surface area contributed by atoms with Gasteiger partial charge in [0.05, 0.1) is 0 Å². The minimum absolute atomic E-state index is 0.717. The molecule has 4 heteroatoms. The van der Waals surface area contributed by atoms with E-state index >= 15 is 0 Å². The van der Waals surface area contributed by atoms with Crippen LogP contribution in [0.4, 0.5) is 62.6 Å². The van der Waals surface area contributed by atoms with E-state index in [0.717, 1.165) is 68.1 Å². The van der Waals surface area contributed by atoms with Crippen LogP contribution in [0.3, 0.4) is 0 Å². The van der Waals surface area contributed by atoms with Crippen LogP contribution < -0.4 is 19.6 Å². The van der Waals surface area contributed by atoms with Gasteiger partial charge in [-0.1, -0.05) is 115 Å². The van der Waals surface area contributed by atoms with E-state index in [2.05, 4.69) is 278 Å². The summed E-state index contributed by atoms with van der Waals surface area (Å²) in [4.78, 5) is 9.30. The second kappa shape index (κ2) is 19.5. The van der Waals surface area contributed by atoms with Crippen molar-refractivity contribution in [1.29, 1.82) is 0 Å². The Morgan fingerprint density at radius 1 is 0.387 bits per heavy atom. The SMILES string of the molecule is C=C/C(C)=C\C=C/CN(c1ccccc1)c1ccc(N(c2ccc(N(c3ccccc3)c3cccc(C)c3)cc2)c2ccc(N(c3ccccc3)c3cccc(C)c3)cc2)cc1. The Kier molecular flexibility index (Phi) is 12.9. The highest BCUT2D eigenvalue weighted by atomic mass is 15.2. The van der Waals surface area contributed by atoms with Gasteiger partial charge in [-0.2, -0.15) is 0 Å². The van der Waals surface area contributed by atoms with Gasteiger partial charge in [-0.25, -0.2) is 0 Å². The molecule has 0 fully saturated rings. The maximum atomic E-state index is 3.89. The monoisotopic (exact) mass is 804 g/mol. The lowest BCUT2D eigenvalue weighted by Crippen LogP contribution is -2.17. The highest BCUT2D eigenvalue weighted by Crippen LogP contribution is 2.42. The molecule has 0 aromatic heterocycles. The topological polar surface area (TPSA) is 13.0 Å². The highest BCUT2D eigenvalue weighted by Gasteiger charge is 2.19. The van der Waals surface area contributed by atoms with Gasteiger partial charge in [-0.15, -0.1) is 0 Å². The average molecular weight is 805 g/mol. The molecular weight excluding hydrogens is 753 g/mol. The molecular formula is C58H52N4. The van der Waals surface area contributed by atoms with Gasteiger partial charge in [0.15, 0.2) is 0 Å². The predicted octanol–water partition coefficient (Wildman–Crippen LogP) is 16.5. The Morgan fingerprint density at radius 2 is 0.694 bits per heavy atom. The summed E-state index contributed by atoms with van der Waals surface area (Å²) >= 11 is 0. The number of rotatable bonds is 15. The quantitative estimate of drug-likeness (QED) is 0.0957. The second-order valence-electron chi connectivity index (χ2n) is 15.4. The molecule has 0 aliphatic heterocycles. The Labute approximate surface area is 367 Å². The molecule has 0 amide bonds. The summed E-state index contributed by atoms with van der Waals surface area (Å²) in [6.07, 6.45) is 8.26. The fraction of sp³-hybridized carbons (Fsp3) is 0.0690. The number of para-hydroxylation sites is 3. The van der Waals surface area contributed by atoms with Crippen LogP contribution in [-0.2, 0) is 0 Å². The number of hydrogen-bond donors (Lipinski definition) is 0. The van der Waals surface area contributed by atoms with Crippen LogP contribution in [0.15, 0.2) is 249 Å². The van der Waals surface area contributed by atoms with Crippen LogP contribution in [0.25, 0.3) is 0 Å². The molecule has 4 nitrogen and oxygen atoms in total. The molecule has 0 radical (unpaired) electrons. The van der Waals surface area contributed by atoms with Gasteiger partial charge in [-0.3, -0.25) is 0 Å². The Bertz CT molecular complexity index is 2610. The second-order valence-corrected chi connectivity index (χ2v) is 15.4. The minimum atomic E-state index is 0.717. The molecule has 8 aromatic carbocycles. The maximum Gasteiger partial charge on any atom is 0.0464 e. The smallest absolute Gasteiger partial charge is 0.0464 e. The van der Waals surface area contributed by atoms with Crippen molar-refractivity contribution in [3.63, 3.8) is 0 Å². The third kappa shape index (κ3) is 9.62. The zero-order valence-corrected chi connectivity index (χ0v) is 35.7. The van der Waals surface area contributed by atoms with Gasteiger partial charge in [0.25, 0.3) is 0 Å². The van der Waals surface area contributed by atoms with Crippen LogP contribution in [0.5, 0.6) is 0 Å². The molecule has 8 aromatic rings. The number of benzene rings is 8. The van der Waals surface area contributed by atoms with E-state index < -0.39 is 0 Å². The third-order valence-electron chi connectivity index (χ3n) is 10.9. The third-order valence-corrected chi connectivity index (χ3v) is 10.9. The molecule has 0 spiro atoms. The van der Waals surface area contributed by atoms with Crippen LogP contribution in [0.1, 0.15) is 18.1 Å². The van der Waals surface area contributed by atoms with Gasteiger partial charge in [0.2, 0.25) is 0 Å². The zero-order valence-electron chi connectivity index (χ0n) is 35.7. The van der Waals surface area contributed by atoms with E-state index in [4.69, 9.17) is 0 Å². The summed E-state index contributed by atoms with van der Waals surface area (Å²) in [6.45, 7) is 11.0. The molecule has 0 saturated heterocycles. The number of aryl methyl sites for hydroxylation is 2. The fourth-order valence-electron chi connectivity index (χ4n) is 7.74. The maximum absolute atomic E-state index is 3.89. The number of nitrogens with zero attached hydrogens (tertiary/aromatic N) is 4. The van der Waals surface area contributed by atoms with Gasteiger partial charge in [-0.05, 0) is 165 Å². The first-order chi connectivity index (χ1) is 30.4. The summed E-state index contributed by atoms with van der Waals surface area (Å²) < 4.78 is 0. The first-order valence-electron chi connectivity index (χ1n) is 21.2. The minimum Gasteiger partial charge on any atom is -0.338 e. The normalized spacial score (nSPS) is 11.3. The van der Waals surface area contributed by atoms with Crippen molar-refractivity contribution in [2.24, 2.45) is 0 Å². The molecule has 0 heterocycles. The first-order valence-corrected chi connectivity index (χ1v) is 21.2. The van der Waals surface area contributed by atoms with Crippen LogP contribution in [0.2, 0.25) is 0 Å². The highest BCUT2D eigenvalue weighted by molar-refractivity contribution is 5.84. The van der Waals surface area contributed by atoms with Crippen molar-refractivity contribution in [3.05, 3.63) is 260 Å². The van der Waals surface area contributed by atoms with Crippen molar-refractivity contribution in [2.75, 3.05) is 26.1 Å². The lowest BCUT2D eigenvalue weighted by atomic mass is 10.1. The summed E-state index contributed by atoms with van der Waals surface area (Å²) in [5.41, 5.74) is 15.6. The summed E-state index contributed by atoms with van der Waals surface area (Å²) in [5.74, 6) is 0. The van der Waals surface area contributed by atoms with E-state index in [9.17, 15) is 0 Å². The molecule has 8 rings (SSSR count). The molecule has 62 heavy (non-hydrogen) atoms. The Morgan fingerprint density at radius 3 is 1.06 bits per heavy atom. The van der Waals surface area contributed by atoms with E-state index in [0.29, 0.717) is 6.54 Å². The average Bonchev–Trinajstić information content (AvgIpc) is 3.31. The van der Waals surface area contributed by atoms with Gasteiger partial charge in [0.1, 0.15) is 0 Å². The Hall–Kier alpha value is -7.82. The fourth-order valence-corrected chi connectivity index (χ4v) is 7.74. The summed E-state index contributed by atoms with van der Waals surface area (Å²) in [7, 11) is 0. The molecule has 0 unspecified atom stereocenters. The molecule has 0 saturated carbocycles. The predicted molar refractivity (Wildman–Crippen MR) is 267 cm³/mol. The van der Waals surface area contributed by atoms with Gasteiger partial charge in [0, 0.05) is 69.1 Å². The summed E-state index contributed by atoms with van der Waals surface area (Å²) in [6, 6.07) is 75.8. The van der Waals surface area contributed by atoms with Crippen LogP contribution >= 0.6 is 0 Å². The van der Waals surface area contributed by atoms with Crippen molar-refractivity contribution in [2.45, 2.75) is 20.8 Å². The van der Waals surface area contributed by atoms with Crippen molar-refractivity contribution >= 4 is 62.6 Å². The molecule has 0 N–H and O–H groups in total. The largest absolute Gasteiger partial charge is 0.338 e. The Balaban J connectivity index is 1.20. The standard InChI is InChI=1S/C58H52N4/c1-5-45(2)19-15-16-42-59(48-22-9-6-10-23-48)49-30-32-52(33-31-49)60(53-34-38-55(39-35-53)61(50-24-11-7-12-25-50)57-28-17-20-46(3)43-57)54-36-40-56(41-37-54)62(51-26-13-8-14-27-51)58-29-18-21-47(4)44-58/h5-41,43-44H,1,42H2,2-4H3/b16-15-,45-19-. The van der Waals surface area contributed by atoms with E-state index in [1.165, 1.54) is 11.1 Å². The zero-order chi connectivity index (χ0) is 42.7. The van der Waals surface area contributed by atoms with Gasteiger partial charge >= 0.3 is 0 Å². The van der Waals surface area contributed by atoms with E-state index in [-0.39, 0.29) is 0 Å².